The minimum atomic E-state index is -4.44. The zero-order chi connectivity index (χ0) is 14.8. The van der Waals surface area contributed by atoms with Crippen LogP contribution in [-0.4, -0.2) is 5.78 Å². The second-order valence-corrected chi connectivity index (χ2v) is 4.27. The molecule has 104 valence electrons. The minimum Gasteiger partial charge on any atom is -0.294 e. The molecule has 0 bridgehead atoms. The van der Waals surface area contributed by atoms with E-state index in [2.05, 4.69) is 0 Å². The Morgan fingerprint density at radius 1 is 0.950 bits per heavy atom. The van der Waals surface area contributed by atoms with Crippen LogP contribution in [0.4, 0.5) is 17.6 Å². The summed E-state index contributed by atoms with van der Waals surface area (Å²) >= 11 is 0. The highest BCUT2D eigenvalue weighted by Crippen LogP contribution is 2.29. The summed E-state index contributed by atoms with van der Waals surface area (Å²) in [4.78, 5) is 11.9. The Morgan fingerprint density at radius 3 is 2.10 bits per heavy atom. The smallest absolute Gasteiger partial charge is 0.294 e. The van der Waals surface area contributed by atoms with Gasteiger partial charge in [-0.2, -0.15) is 13.2 Å². The molecule has 1 nitrogen and oxygen atoms in total. The zero-order valence-electron chi connectivity index (χ0n) is 10.2. The van der Waals surface area contributed by atoms with E-state index in [4.69, 9.17) is 0 Å². The largest absolute Gasteiger partial charge is 0.416 e. The first-order chi connectivity index (χ1) is 9.38. The molecule has 0 radical (unpaired) electrons. The first kappa shape index (κ1) is 14.2. The third-order valence-electron chi connectivity index (χ3n) is 2.84. The summed E-state index contributed by atoms with van der Waals surface area (Å²) in [5, 5.41) is 0. The minimum absolute atomic E-state index is 0.126. The van der Waals surface area contributed by atoms with Crippen LogP contribution in [0.3, 0.4) is 0 Å². The van der Waals surface area contributed by atoms with Crippen molar-refractivity contribution >= 4 is 5.78 Å². The van der Waals surface area contributed by atoms with Crippen LogP contribution in [0.25, 0.3) is 0 Å². The van der Waals surface area contributed by atoms with Crippen LogP contribution < -0.4 is 0 Å². The predicted molar refractivity (Wildman–Crippen MR) is 65.9 cm³/mol. The number of hydrogen-bond acceptors (Lipinski definition) is 1. The Labute approximate surface area is 112 Å². The Bertz CT molecular complexity index is 615. The number of halogens is 4. The van der Waals surface area contributed by atoms with Gasteiger partial charge < -0.3 is 0 Å². The van der Waals surface area contributed by atoms with Crippen molar-refractivity contribution in [3.8, 4) is 0 Å². The van der Waals surface area contributed by atoms with Gasteiger partial charge >= 0.3 is 6.18 Å². The van der Waals surface area contributed by atoms with E-state index in [9.17, 15) is 22.4 Å². The molecule has 0 unspecified atom stereocenters. The number of ketones is 1. The Kier molecular flexibility index (Phi) is 3.88. The van der Waals surface area contributed by atoms with Gasteiger partial charge in [-0.25, -0.2) is 4.39 Å². The third kappa shape index (κ3) is 3.23. The van der Waals surface area contributed by atoms with Gasteiger partial charge in [-0.05, 0) is 23.8 Å². The highest BCUT2D eigenvalue weighted by atomic mass is 19.4. The van der Waals surface area contributed by atoms with Crippen molar-refractivity contribution in [3.05, 3.63) is 71.0 Å². The normalized spacial score (nSPS) is 11.4. The van der Waals surface area contributed by atoms with Crippen molar-refractivity contribution in [1.82, 2.24) is 0 Å². The summed E-state index contributed by atoms with van der Waals surface area (Å²) in [6.45, 7) is 0. The van der Waals surface area contributed by atoms with Gasteiger partial charge in [0.15, 0.2) is 5.78 Å². The Balaban J connectivity index is 2.16. The molecule has 0 aliphatic rings. The summed E-state index contributed by atoms with van der Waals surface area (Å²) in [6, 6.07) is 9.69. The number of benzene rings is 2. The second-order valence-electron chi connectivity index (χ2n) is 4.27. The zero-order valence-corrected chi connectivity index (χ0v) is 10.2. The molecule has 0 aliphatic heterocycles. The van der Waals surface area contributed by atoms with E-state index in [1.807, 2.05) is 0 Å². The molecule has 0 heterocycles. The van der Waals surface area contributed by atoms with Gasteiger partial charge in [0.1, 0.15) is 5.82 Å². The molecule has 0 N–H and O–H groups in total. The highest BCUT2D eigenvalue weighted by molar-refractivity contribution is 5.97. The number of rotatable bonds is 3. The molecule has 0 saturated carbocycles. The molecule has 20 heavy (non-hydrogen) atoms. The molecule has 5 heteroatoms. The lowest BCUT2D eigenvalue weighted by molar-refractivity contribution is -0.137. The molecular weight excluding hydrogens is 272 g/mol. The summed E-state index contributed by atoms with van der Waals surface area (Å²) in [5.41, 5.74) is -0.474. The predicted octanol–water partition coefficient (Wildman–Crippen LogP) is 4.27. The van der Waals surface area contributed by atoms with Gasteiger partial charge in [0.2, 0.25) is 0 Å². The summed E-state index contributed by atoms with van der Waals surface area (Å²) in [7, 11) is 0. The lowest BCUT2D eigenvalue weighted by atomic mass is 10.0. The molecule has 0 spiro atoms. The number of hydrogen-bond donors (Lipinski definition) is 0. The number of carbonyl (C=O) groups is 1. The van der Waals surface area contributed by atoms with Crippen LogP contribution in [0.2, 0.25) is 0 Å². The Morgan fingerprint density at radius 2 is 1.55 bits per heavy atom. The maximum absolute atomic E-state index is 13.4. The van der Waals surface area contributed by atoms with Crippen molar-refractivity contribution in [2.24, 2.45) is 0 Å². The molecular formula is C15H10F4O. The third-order valence-corrected chi connectivity index (χ3v) is 2.84. The number of carbonyl (C=O) groups excluding carboxylic acids is 1. The number of Topliss-reactive ketones (excluding diaryl/α,β-unsaturated/α-hetero) is 1. The Hall–Kier alpha value is -2.17. The highest BCUT2D eigenvalue weighted by Gasteiger charge is 2.30. The van der Waals surface area contributed by atoms with Crippen molar-refractivity contribution in [1.29, 1.82) is 0 Å². The number of alkyl halides is 3. The molecule has 0 saturated heterocycles. The van der Waals surface area contributed by atoms with Crippen molar-refractivity contribution in [3.63, 3.8) is 0 Å². The lowest BCUT2D eigenvalue weighted by Crippen LogP contribution is -2.08. The van der Waals surface area contributed by atoms with Crippen LogP contribution in [0.5, 0.6) is 0 Å². The van der Waals surface area contributed by atoms with Crippen LogP contribution in [-0.2, 0) is 12.6 Å². The van der Waals surface area contributed by atoms with Crippen molar-refractivity contribution in [2.45, 2.75) is 12.6 Å². The molecule has 2 aromatic rings. The van der Waals surface area contributed by atoms with E-state index in [1.54, 1.807) is 6.07 Å². The summed E-state index contributed by atoms with van der Waals surface area (Å²) in [6.07, 6.45) is -4.62. The quantitative estimate of drug-likeness (QED) is 0.607. The van der Waals surface area contributed by atoms with Crippen molar-refractivity contribution < 1.29 is 22.4 Å². The maximum atomic E-state index is 13.4. The summed E-state index contributed by atoms with van der Waals surface area (Å²) < 4.78 is 50.5. The first-order valence-corrected chi connectivity index (χ1v) is 5.82. The molecule has 0 fully saturated rings. The van der Waals surface area contributed by atoms with E-state index >= 15 is 0 Å². The van der Waals surface area contributed by atoms with Crippen LogP contribution in [0.15, 0.2) is 48.5 Å². The molecule has 2 aromatic carbocycles. The lowest BCUT2D eigenvalue weighted by Gasteiger charge is -2.07. The standard InChI is InChI=1S/C15H10F4O/c16-13-4-2-1-3-11(13)9-14(20)10-5-7-12(8-6-10)15(17,18)19/h1-8H,9H2. The topological polar surface area (TPSA) is 17.1 Å². The van der Waals surface area contributed by atoms with E-state index in [1.165, 1.54) is 18.2 Å². The molecule has 0 aromatic heterocycles. The van der Waals surface area contributed by atoms with E-state index < -0.39 is 23.3 Å². The van der Waals surface area contributed by atoms with Crippen molar-refractivity contribution in [2.75, 3.05) is 0 Å². The van der Waals surface area contributed by atoms with Gasteiger partial charge in [0.05, 0.1) is 5.56 Å². The van der Waals surface area contributed by atoms with Gasteiger partial charge in [-0.1, -0.05) is 30.3 Å². The van der Waals surface area contributed by atoms with Crippen LogP contribution >= 0.6 is 0 Å². The van der Waals surface area contributed by atoms with E-state index in [0.29, 0.717) is 0 Å². The fourth-order valence-electron chi connectivity index (χ4n) is 1.76. The van der Waals surface area contributed by atoms with Gasteiger partial charge in [-0.3, -0.25) is 4.79 Å². The average molecular weight is 282 g/mol. The molecule has 0 amide bonds. The van der Waals surface area contributed by atoms with E-state index in [-0.39, 0.29) is 17.5 Å². The first-order valence-electron chi connectivity index (χ1n) is 5.82. The van der Waals surface area contributed by atoms with Crippen LogP contribution in [0.1, 0.15) is 21.5 Å². The average Bonchev–Trinajstić information content (AvgIpc) is 2.40. The van der Waals surface area contributed by atoms with Gasteiger partial charge in [0.25, 0.3) is 0 Å². The maximum Gasteiger partial charge on any atom is 0.416 e. The summed E-state index contributed by atoms with van der Waals surface area (Å²) in [5.74, 6) is -0.934. The van der Waals surface area contributed by atoms with E-state index in [0.717, 1.165) is 24.3 Å². The van der Waals surface area contributed by atoms with Gasteiger partial charge in [0, 0.05) is 12.0 Å². The van der Waals surface area contributed by atoms with Gasteiger partial charge in [-0.15, -0.1) is 0 Å². The monoisotopic (exact) mass is 282 g/mol. The fourth-order valence-corrected chi connectivity index (χ4v) is 1.76. The molecule has 2 rings (SSSR count). The van der Waals surface area contributed by atoms with Crippen LogP contribution in [0, 0.1) is 5.82 Å². The second kappa shape index (κ2) is 5.45. The molecule has 0 atom stereocenters. The SMILES string of the molecule is O=C(Cc1ccccc1F)c1ccc(C(F)(F)F)cc1. The molecule has 0 aliphatic carbocycles. The fraction of sp³-hybridized carbons (Fsp3) is 0.133.